The number of aromatic amines is 1. The Labute approximate surface area is 244 Å². The minimum atomic E-state index is -0.533. The van der Waals surface area contributed by atoms with Gasteiger partial charge in [0, 0.05) is 56.3 Å². The second-order valence-electron chi connectivity index (χ2n) is 12.7. The molecule has 5 heterocycles. The van der Waals surface area contributed by atoms with Crippen molar-refractivity contribution in [1.82, 2.24) is 30.0 Å². The van der Waals surface area contributed by atoms with Gasteiger partial charge in [0.1, 0.15) is 23.0 Å². The van der Waals surface area contributed by atoms with Crippen LogP contribution in [0, 0.1) is 11.2 Å². The molecule has 0 saturated carbocycles. The molecule has 1 N–H and O–H groups in total. The number of benzene rings is 1. The van der Waals surface area contributed by atoms with E-state index in [1.54, 1.807) is 23.2 Å². The lowest BCUT2D eigenvalue weighted by Crippen LogP contribution is -2.62. The molecule has 2 aromatic heterocycles. The van der Waals surface area contributed by atoms with Crippen LogP contribution in [0.1, 0.15) is 46.5 Å². The summed E-state index contributed by atoms with van der Waals surface area (Å²) in [5.41, 5.74) is 0.415. The fraction of sp³-hybridized carbons (Fsp3) is 0.586. The molecule has 0 aliphatic carbocycles. The predicted octanol–water partition coefficient (Wildman–Crippen LogP) is 5.12. The van der Waals surface area contributed by atoms with E-state index >= 15 is 4.39 Å². The Balaban J connectivity index is 1.27. The van der Waals surface area contributed by atoms with Gasteiger partial charge in [-0.25, -0.2) is 9.18 Å². The van der Waals surface area contributed by atoms with Crippen LogP contribution in [0.3, 0.4) is 0 Å². The first-order valence-electron chi connectivity index (χ1n) is 14.3. The molecule has 3 aliphatic heterocycles. The molecule has 3 fully saturated rings. The Morgan fingerprint density at radius 3 is 2.49 bits per heavy atom. The average molecular weight is 586 g/mol. The van der Waals surface area contributed by atoms with Crippen molar-refractivity contribution in [2.75, 3.05) is 51.2 Å². The van der Waals surface area contributed by atoms with Crippen LogP contribution in [0.25, 0.3) is 22.2 Å². The topological polar surface area (TPSA) is 99.7 Å². The van der Waals surface area contributed by atoms with Gasteiger partial charge in [0.15, 0.2) is 5.82 Å². The minimum absolute atomic E-state index is 0.0302. The van der Waals surface area contributed by atoms with Crippen LogP contribution < -0.4 is 9.64 Å². The van der Waals surface area contributed by atoms with Crippen molar-refractivity contribution in [3.63, 3.8) is 0 Å². The van der Waals surface area contributed by atoms with E-state index in [0.717, 1.165) is 38.8 Å². The van der Waals surface area contributed by atoms with E-state index in [1.807, 2.05) is 20.8 Å². The van der Waals surface area contributed by atoms with Gasteiger partial charge in [0.05, 0.1) is 16.3 Å². The van der Waals surface area contributed by atoms with Crippen molar-refractivity contribution in [1.29, 1.82) is 0 Å². The maximum atomic E-state index is 16.1. The van der Waals surface area contributed by atoms with Crippen molar-refractivity contribution in [2.24, 2.45) is 5.41 Å². The zero-order valence-corrected chi connectivity index (χ0v) is 24.8. The number of fused-ring (bicyclic) bond motifs is 1. The van der Waals surface area contributed by atoms with Crippen molar-refractivity contribution in [3.8, 4) is 17.3 Å². The fourth-order valence-electron chi connectivity index (χ4n) is 6.08. The molecule has 10 nitrogen and oxygen atoms in total. The molecule has 6 rings (SSSR count). The number of rotatable bonds is 4. The summed E-state index contributed by atoms with van der Waals surface area (Å²) >= 11 is 6.64. The summed E-state index contributed by atoms with van der Waals surface area (Å²) in [6, 6.07) is 3.60. The van der Waals surface area contributed by atoms with Gasteiger partial charge in [-0.15, -0.1) is 0 Å². The number of hydrogen-bond acceptors (Lipinski definition) is 8. The highest BCUT2D eigenvalue weighted by atomic mass is 35.5. The van der Waals surface area contributed by atoms with E-state index in [4.69, 9.17) is 26.1 Å². The highest BCUT2D eigenvalue weighted by Crippen LogP contribution is 2.44. The van der Waals surface area contributed by atoms with Crippen LogP contribution in [0.15, 0.2) is 18.3 Å². The highest BCUT2D eigenvalue weighted by molar-refractivity contribution is 6.34. The molecule has 12 heteroatoms. The standard InChI is InChI=1S/C29H37ClFN7O3/c1-28(2,3)41-27(39)38-16-29(17-38)8-13-37(14-9-29)25-19-15-20(30)22(21-5-10-32-35-21)23(31)24(19)33-26(34-25)40-18-6-11-36(4)12-7-18/h5,10,15,18H,6-9,11-14,16-17H2,1-4H3,(H,32,35). The van der Waals surface area contributed by atoms with Crippen LogP contribution in [-0.2, 0) is 4.74 Å². The molecule has 0 bridgehead atoms. The number of aromatic nitrogens is 4. The Bertz CT molecular complexity index is 1420. The summed E-state index contributed by atoms with van der Waals surface area (Å²) in [4.78, 5) is 28.1. The summed E-state index contributed by atoms with van der Waals surface area (Å²) < 4.78 is 27.9. The zero-order chi connectivity index (χ0) is 28.9. The zero-order valence-electron chi connectivity index (χ0n) is 24.0. The van der Waals surface area contributed by atoms with Gasteiger partial charge in [0.25, 0.3) is 0 Å². The monoisotopic (exact) mass is 585 g/mol. The van der Waals surface area contributed by atoms with E-state index in [1.165, 1.54) is 0 Å². The van der Waals surface area contributed by atoms with Gasteiger partial charge in [-0.05, 0) is 65.6 Å². The lowest BCUT2D eigenvalue weighted by Gasteiger charge is -2.53. The van der Waals surface area contributed by atoms with Gasteiger partial charge in [0.2, 0.25) is 0 Å². The Hall–Kier alpha value is -3.18. The number of anilines is 1. The minimum Gasteiger partial charge on any atom is -0.460 e. The van der Waals surface area contributed by atoms with Crippen LogP contribution in [0.4, 0.5) is 15.0 Å². The lowest BCUT2D eigenvalue weighted by molar-refractivity contribution is -0.0434. The number of amides is 1. The molecule has 1 aromatic carbocycles. The second kappa shape index (κ2) is 10.6. The molecule has 1 amide bonds. The van der Waals surface area contributed by atoms with Gasteiger partial charge < -0.3 is 24.2 Å². The van der Waals surface area contributed by atoms with Crippen LogP contribution >= 0.6 is 11.6 Å². The van der Waals surface area contributed by atoms with Crippen molar-refractivity contribution in [3.05, 3.63) is 29.2 Å². The van der Waals surface area contributed by atoms with Crippen LogP contribution in [-0.4, -0.2) is 94.1 Å². The fourth-order valence-corrected chi connectivity index (χ4v) is 6.37. The van der Waals surface area contributed by atoms with Gasteiger partial charge in [-0.2, -0.15) is 15.1 Å². The van der Waals surface area contributed by atoms with E-state index in [-0.39, 0.29) is 39.7 Å². The summed E-state index contributed by atoms with van der Waals surface area (Å²) in [6.45, 7) is 10.3. The molecule has 3 aromatic rings. The molecule has 3 aliphatic rings. The third-order valence-electron chi connectivity index (χ3n) is 8.38. The van der Waals surface area contributed by atoms with Crippen molar-refractivity contribution >= 4 is 34.4 Å². The molecule has 41 heavy (non-hydrogen) atoms. The van der Waals surface area contributed by atoms with Gasteiger partial charge in [-0.3, -0.25) is 5.10 Å². The van der Waals surface area contributed by atoms with E-state index in [9.17, 15) is 4.79 Å². The number of hydrogen-bond donors (Lipinski definition) is 1. The number of ether oxygens (including phenoxy) is 2. The van der Waals surface area contributed by atoms with Crippen LogP contribution in [0.5, 0.6) is 6.01 Å². The first-order chi connectivity index (χ1) is 19.5. The number of H-pyrrole nitrogens is 1. The summed E-state index contributed by atoms with van der Waals surface area (Å²) in [5.74, 6) is 0.0853. The van der Waals surface area contributed by atoms with E-state index < -0.39 is 11.4 Å². The predicted molar refractivity (Wildman–Crippen MR) is 155 cm³/mol. The first-order valence-corrected chi connectivity index (χ1v) is 14.7. The third kappa shape index (κ3) is 5.66. The Morgan fingerprint density at radius 2 is 1.85 bits per heavy atom. The molecule has 0 unspecified atom stereocenters. The number of nitrogens with one attached hydrogen (secondary N) is 1. The van der Waals surface area contributed by atoms with Gasteiger partial charge in [-0.1, -0.05) is 11.6 Å². The SMILES string of the molecule is CN1CCC(Oc2nc(N3CCC4(CC3)CN(C(=O)OC(C)(C)C)C4)c3cc(Cl)c(-c4ccn[nH]4)c(F)c3n2)CC1. The Kier molecular flexibility index (Phi) is 7.22. The normalized spacial score (nSPS) is 20.0. The maximum absolute atomic E-state index is 16.1. The average Bonchev–Trinajstić information content (AvgIpc) is 3.42. The number of carbonyl (C=O) groups excluding carboxylic acids is 1. The van der Waals surface area contributed by atoms with E-state index in [2.05, 4.69) is 32.0 Å². The van der Waals surface area contributed by atoms with Crippen molar-refractivity contribution in [2.45, 2.75) is 58.2 Å². The molecular weight excluding hydrogens is 549 g/mol. The van der Waals surface area contributed by atoms with Gasteiger partial charge >= 0.3 is 12.1 Å². The summed E-state index contributed by atoms with van der Waals surface area (Å²) in [6.07, 6.45) is 4.74. The lowest BCUT2D eigenvalue weighted by atomic mass is 9.72. The number of carbonyl (C=O) groups is 1. The maximum Gasteiger partial charge on any atom is 0.410 e. The van der Waals surface area contributed by atoms with Crippen LogP contribution in [0.2, 0.25) is 5.02 Å². The quantitative estimate of drug-likeness (QED) is 0.450. The molecule has 220 valence electrons. The summed E-state index contributed by atoms with van der Waals surface area (Å²) in [7, 11) is 2.09. The van der Waals surface area contributed by atoms with Crippen molar-refractivity contribution < 1.29 is 18.7 Å². The highest BCUT2D eigenvalue weighted by Gasteiger charge is 2.48. The first kappa shape index (κ1) is 28.0. The molecule has 1 spiro atoms. The largest absolute Gasteiger partial charge is 0.460 e. The molecule has 0 atom stereocenters. The molecule has 0 radical (unpaired) electrons. The smallest absolute Gasteiger partial charge is 0.410 e. The summed E-state index contributed by atoms with van der Waals surface area (Å²) in [5, 5.41) is 7.57. The number of nitrogens with zero attached hydrogens (tertiary/aromatic N) is 6. The second-order valence-corrected chi connectivity index (χ2v) is 13.1. The van der Waals surface area contributed by atoms with E-state index in [0.29, 0.717) is 43.1 Å². The molecular formula is C29H37ClFN7O3. The third-order valence-corrected chi connectivity index (χ3v) is 8.68. The Morgan fingerprint density at radius 1 is 1.15 bits per heavy atom. The number of halogens is 2. The number of piperidine rings is 2. The molecule has 3 saturated heterocycles. The number of likely N-dealkylation sites (tertiary alicyclic amines) is 2.